The van der Waals surface area contributed by atoms with Gasteiger partial charge in [-0.3, -0.25) is 0 Å². The summed E-state index contributed by atoms with van der Waals surface area (Å²) in [5, 5.41) is 0. The van der Waals surface area contributed by atoms with Gasteiger partial charge >= 0.3 is 0 Å². The van der Waals surface area contributed by atoms with Crippen LogP contribution in [0.25, 0.3) is 0 Å². The molecule has 0 saturated carbocycles. The van der Waals surface area contributed by atoms with Crippen LogP contribution in [0, 0.1) is 0 Å². The van der Waals surface area contributed by atoms with Crippen molar-refractivity contribution in [1.82, 2.24) is 9.55 Å². The Hall–Kier alpha value is -1.81. The highest BCUT2D eigenvalue weighted by Crippen LogP contribution is 2.13. The Labute approximate surface area is 107 Å². The molecular formula is C14H19N3O. The van der Waals surface area contributed by atoms with E-state index in [1.807, 2.05) is 36.7 Å². The lowest BCUT2D eigenvalue weighted by atomic mass is 10.2. The zero-order valence-electron chi connectivity index (χ0n) is 10.7. The molecule has 0 atom stereocenters. The number of aryl methyl sites for hydroxylation is 1. The van der Waals surface area contributed by atoms with E-state index in [9.17, 15) is 0 Å². The molecule has 0 aliphatic heterocycles. The third kappa shape index (κ3) is 3.11. The number of rotatable bonds is 6. The molecule has 4 nitrogen and oxygen atoms in total. The molecule has 0 amide bonds. The topological polar surface area (TPSA) is 53.1 Å². The minimum absolute atomic E-state index is 0.540. The molecule has 0 radical (unpaired) electrons. The lowest BCUT2D eigenvalue weighted by Gasteiger charge is -2.09. The number of ether oxygens (including phenoxy) is 1. The first-order valence-corrected chi connectivity index (χ1v) is 6.25. The van der Waals surface area contributed by atoms with E-state index in [0.717, 1.165) is 30.1 Å². The van der Waals surface area contributed by atoms with E-state index >= 15 is 0 Å². The Balaban J connectivity index is 1.88. The van der Waals surface area contributed by atoms with E-state index in [1.54, 1.807) is 0 Å². The van der Waals surface area contributed by atoms with Gasteiger partial charge in [-0.1, -0.05) is 19.1 Å². The summed E-state index contributed by atoms with van der Waals surface area (Å²) in [6.45, 7) is 4.09. The summed E-state index contributed by atoms with van der Waals surface area (Å²) < 4.78 is 7.83. The van der Waals surface area contributed by atoms with Crippen LogP contribution in [0.2, 0.25) is 0 Å². The third-order valence-electron chi connectivity index (χ3n) is 2.85. The Morgan fingerprint density at radius 1 is 1.39 bits per heavy atom. The Morgan fingerprint density at radius 2 is 2.28 bits per heavy atom. The minimum atomic E-state index is 0.540. The molecule has 1 heterocycles. The maximum absolute atomic E-state index is 5.72. The average molecular weight is 245 g/mol. The normalized spacial score (nSPS) is 10.6. The highest BCUT2D eigenvalue weighted by Gasteiger charge is 2.00. The number of nitrogens with zero attached hydrogens (tertiary/aromatic N) is 2. The van der Waals surface area contributed by atoms with Gasteiger partial charge in [-0.05, 0) is 17.7 Å². The Kier molecular flexibility index (Phi) is 4.36. The maximum atomic E-state index is 5.72. The molecule has 0 saturated heterocycles. The molecular weight excluding hydrogens is 226 g/mol. The first-order valence-electron chi connectivity index (χ1n) is 6.25. The first kappa shape index (κ1) is 12.6. The molecule has 18 heavy (non-hydrogen) atoms. The summed E-state index contributed by atoms with van der Waals surface area (Å²) in [7, 11) is 0. The Morgan fingerprint density at radius 3 is 3.06 bits per heavy atom. The fourth-order valence-corrected chi connectivity index (χ4v) is 1.88. The van der Waals surface area contributed by atoms with Gasteiger partial charge in [0.2, 0.25) is 0 Å². The highest BCUT2D eigenvalue weighted by atomic mass is 16.5. The number of aromatic nitrogens is 2. The van der Waals surface area contributed by atoms with E-state index in [-0.39, 0.29) is 0 Å². The van der Waals surface area contributed by atoms with E-state index in [4.69, 9.17) is 10.5 Å². The number of hydrogen-bond donors (Lipinski definition) is 1. The molecule has 0 fully saturated rings. The van der Waals surface area contributed by atoms with E-state index in [0.29, 0.717) is 13.2 Å². The van der Waals surface area contributed by atoms with Gasteiger partial charge in [-0.15, -0.1) is 0 Å². The summed E-state index contributed by atoms with van der Waals surface area (Å²) in [4.78, 5) is 4.28. The van der Waals surface area contributed by atoms with Crippen molar-refractivity contribution in [2.24, 2.45) is 5.73 Å². The minimum Gasteiger partial charge on any atom is -0.492 e. The molecule has 1 aromatic carbocycles. The molecule has 2 N–H and O–H groups in total. The summed E-state index contributed by atoms with van der Waals surface area (Å²) >= 11 is 0. The van der Waals surface area contributed by atoms with Gasteiger partial charge < -0.3 is 15.0 Å². The lowest BCUT2D eigenvalue weighted by molar-refractivity contribution is 0.296. The van der Waals surface area contributed by atoms with Gasteiger partial charge in [0.05, 0.1) is 6.54 Å². The predicted molar refractivity (Wildman–Crippen MR) is 71.4 cm³/mol. The van der Waals surface area contributed by atoms with Crippen molar-refractivity contribution >= 4 is 0 Å². The van der Waals surface area contributed by atoms with Gasteiger partial charge in [0.15, 0.2) is 0 Å². The van der Waals surface area contributed by atoms with Crippen molar-refractivity contribution in [1.29, 1.82) is 0 Å². The molecule has 0 aliphatic rings. The fraction of sp³-hybridized carbons (Fsp3) is 0.357. The molecule has 0 aliphatic carbocycles. The van der Waals surface area contributed by atoms with Gasteiger partial charge in [0, 0.05) is 25.4 Å². The monoisotopic (exact) mass is 245 g/mol. The number of hydrogen-bond acceptors (Lipinski definition) is 3. The maximum Gasteiger partial charge on any atom is 0.119 e. The quantitative estimate of drug-likeness (QED) is 0.846. The van der Waals surface area contributed by atoms with Crippen molar-refractivity contribution in [2.45, 2.75) is 26.4 Å². The second-order valence-corrected chi connectivity index (χ2v) is 4.09. The third-order valence-corrected chi connectivity index (χ3v) is 2.85. The van der Waals surface area contributed by atoms with Crippen molar-refractivity contribution in [3.8, 4) is 5.75 Å². The smallest absolute Gasteiger partial charge is 0.119 e. The molecule has 0 bridgehead atoms. The SMILES string of the molecule is CCc1nccn1CCOc1cccc(CN)c1. The molecule has 2 rings (SSSR count). The van der Waals surface area contributed by atoms with Crippen LogP contribution in [0.15, 0.2) is 36.7 Å². The Bertz CT molecular complexity index is 493. The molecule has 0 spiro atoms. The van der Waals surface area contributed by atoms with Gasteiger partial charge in [0.1, 0.15) is 18.2 Å². The highest BCUT2D eigenvalue weighted by molar-refractivity contribution is 5.28. The van der Waals surface area contributed by atoms with Gasteiger partial charge in [-0.2, -0.15) is 0 Å². The molecule has 4 heteroatoms. The summed E-state index contributed by atoms with van der Waals surface area (Å²) in [6, 6.07) is 7.90. The van der Waals surface area contributed by atoms with Crippen LogP contribution in [0.1, 0.15) is 18.3 Å². The zero-order chi connectivity index (χ0) is 12.8. The molecule has 1 aromatic heterocycles. The van der Waals surface area contributed by atoms with Crippen molar-refractivity contribution < 1.29 is 4.74 Å². The number of imidazole rings is 1. The van der Waals surface area contributed by atoms with Crippen molar-refractivity contribution in [3.05, 3.63) is 48.0 Å². The van der Waals surface area contributed by atoms with Crippen LogP contribution in [-0.2, 0) is 19.5 Å². The second kappa shape index (κ2) is 6.21. The summed E-state index contributed by atoms with van der Waals surface area (Å²) in [6.07, 6.45) is 4.75. The van der Waals surface area contributed by atoms with Crippen LogP contribution in [0.3, 0.4) is 0 Å². The first-order chi connectivity index (χ1) is 8.83. The van der Waals surface area contributed by atoms with E-state index < -0.39 is 0 Å². The van der Waals surface area contributed by atoms with E-state index in [1.165, 1.54) is 0 Å². The standard InChI is InChI=1S/C14H19N3O/c1-2-14-16-6-7-17(14)8-9-18-13-5-3-4-12(10-13)11-15/h3-7,10H,2,8-9,11,15H2,1H3. The van der Waals surface area contributed by atoms with Gasteiger partial charge in [-0.25, -0.2) is 4.98 Å². The largest absolute Gasteiger partial charge is 0.492 e. The second-order valence-electron chi connectivity index (χ2n) is 4.09. The van der Waals surface area contributed by atoms with Crippen LogP contribution in [0.5, 0.6) is 5.75 Å². The fourth-order valence-electron chi connectivity index (χ4n) is 1.88. The van der Waals surface area contributed by atoms with Crippen LogP contribution >= 0.6 is 0 Å². The van der Waals surface area contributed by atoms with Crippen molar-refractivity contribution in [2.75, 3.05) is 6.61 Å². The molecule has 0 unspecified atom stereocenters. The zero-order valence-corrected chi connectivity index (χ0v) is 10.7. The molecule has 96 valence electrons. The molecule has 2 aromatic rings. The van der Waals surface area contributed by atoms with E-state index in [2.05, 4.69) is 16.5 Å². The number of benzene rings is 1. The van der Waals surface area contributed by atoms with Crippen LogP contribution in [0.4, 0.5) is 0 Å². The number of nitrogens with two attached hydrogens (primary N) is 1. The average Bonchev–Trinajstić information content (AvgIpc) is 2.86. The van der Waals surface area contributed by atoms with Gasteiger partial charge in [0.25, 0.3) is 0 Å². The lowest BCUT2D eigenvalue weighted by Crippen LogP contribution is -2.10. The van der Waals surface area contributed by atoms with Crippen LogP contribution < -0.4 is 10.5 Å². The van der Waals surface area contributed by atoms with Crippen LogP contribution in [-0.4, -0.2) is 16.2 Å². The van der Waals surface area contributed by atoms with Crippen molar-refractivity contribution in [3.63, 3.8) is 0 Å². The summed E-state index contributed by atoms with van der Waals surface area (Å²) in [5.41, 5.74) is 6.68. The predicted octanol–water partition coefficient (Wildman–Crippen LogP) is 1.98. The summed E-state index contributed by atoms with van der Waals surface area (Å²) in [5.74, 6) is 1.96.